The summed E-state index contributed by atoms with van der Waals surface area (Å²) in [6, 6.07) is 15.2. The van der Waals surface area contributed by atoms with Gasteiger partial charge in [-0.25, -0.2) is 9.79 Å². The van der Waals surface area contributed by atoms with Crippen LogP contribution in [0.4, 0.5) is 5.69 Å². The molecule has 0 N–H and O–H groups in total. The molecule has 2 fully saturated rings. The average molecular weight is 509 g/mol. The Bertz CT molecular complexity index is 1150. The van der Waals surface area contributed by atoms with Gasteiger partial charge in [0.05, 0.1) is 24.3 Å². The second-order valence-electron chi connectivity index (χ2n) is 8.85. The molecule has 2 aromatic rings. The maximum absolute atomic E-state index is 13.7. The molecule has 0 unspecified atom stereocenters. The third-order valence-electron chi connectivity index (χ3n) is 6.35. The maximum atomic E-state index is 13.7. The van der Waals surface area contributed by atoms with Crippen LogP contribution in [0.5, 0.6) is 11.5 Å². The van der Waals surface area contributed by atoms with Crippen molar-refractivity contribution in [3.63, 3.8) is 0 Å². The van der Waals surface area contributed by atoms with E-state index in [0.717, 1.165) is 35.7 Å². The maximum Gasteiger partial charge on any atom is 0.344 e. The summed E-state index contributed by atoms with van der Waals surface area (Å²) in [5, 5.41) is 0.720. The highest BCUT2D eigenvalue weighted by Gasteiger charge is 2.41. The van der Waals surface area contributed by atoms with Gasteiger partial charge in [-0.3, -0.25) is 9.69 Å². The molecule has 1 saturated heterocycles. The van der Waals surface area contributed by atoms with Crippen molar-refractivity contribution < 1.29 is 23.8 Å². The quantitative estimate of drug-likeness (QED) is 0.330. The summed E-state index contributed by atoms with van der Waals surface area (Å²) >= 11 is 1.40. The Morgan fingerprint density at radius 3 is 2.64 bits per heavy atom. The fraction of sp³-hybridized carbons (Fsp3) is 0.393. The molecule has 2 aliphatic rings. The van der Waals surface area contributed by atoms with Crippen LogP contribution < -0.4 is 9.47 Å². The Balaban J connectivity index is 1.61. The number of methoxy groups -OCH3 is 1. The number of esters is 1. The van der Waals surface area contributed by atoms with E-state index in [-0.39, 0.29) is 18.6 Å². The second kappa shape index (κ2) is 12.1. The fourth-order valence-electron chi connectivity index (χ4n) is 4.53. The number of para-hydroxylation sites is 1. The van der Waals surface area contributed by atoms with Gasteiger partial charge in [0.1, 0.15) is 0 Å². The highest BCUT2D eigenvalue weighted by atomic mass is 32.2. The molecule has 0 radical (unpaired) electrons. The summed E-state index contributed by atoms with van der Waals surface area (Å²) in [5.41, 5.74) is 1.62. The molecule has 190 valence electrons. The van der Waals surface area contributed by atoms with Crippen molar-refractivity contribution in [2.24, 2.45) is 10.9 Å². The van der Waals surface area contributed by atoms with Crippen LogP contribution in [0.25, 0.3) is 6.08 Å². The summed E-state index contributed by atoms with van der Waals surface area (Å²) in [6.07, 6.45) is 6.27. The normalized spacial score (nSPS) is 22.2. The van der Waals surface area contributed by atoms with Crippen molar-refractivity contribution in [2.45, 2.75) is 45.6 Å². The lowest BCUT2D eigenvalue weighted by Crippen LogP contribution is -2.44. The minimum Gasteiger partial charge on any atom is -0.493 e. The molecule has 2 atom stereocenters. The van der Waals surface area contributed by atoms with Crippen molar-refractivity contribution >= 4 is 40.6 Å². The first-order valence-corrected chi connectivity index (χ1v) is 13.1. The summed E-state index contributed by atoms with van der Waals surface area (Å²) in [5.74, 6) is 0.859. The van der Waals surface area contributed by atoms with E-state index < -0.39 is 5.97 Å². The Morgan fingerprint density at radius 1 is 1.14 bits per heavy atom. The second-order valence-corrected chi connectivity index (χ2v) is 9.86. The van der Waals surface area contributed by atoms with Gasteiger partial charge in [0.25, 0.3) is 5.91 Å². The molecule has 1 aliphatic carbocycles. The van der Waals surface area contributed by atoms with E-state index in [1.807, 2.05) is 47.4 Å². The molecule has 2 aromatic carbocycles. The van der Waals surface area contributed by atoms with Gasteiger partial charge in [-0.15, -0.1) is 0 Å². The minimum absolute atomic E-state index is 0.0185. The number of carbonyl (C=O) groups excluding carboxylic acids is 2. The lowest BCUT2D eigenvalue weighted by atomic mass is 9.85. The van der Waals surface area contributed by atoms with Crippen LogP contribution in [-0.4, -0.2) is 48.3 Å². The summed E-state index contributed by atoms with van der Waals surface area (Å²) in [7, 11) is 1.54. The van der Waals surface area contributed by atoms with Crippen molar-refractivity contribution in [1.29, 1.82) is 0 Å². The summed E-state index contributed by atoms with van der Waals surface area (Å²) in [6.45, 7) is 4.06. The molecule has 0 aromatic heterocycles. The van der Waals surface area contributed by atoms with Crippen molar-refractivity contribution in [1.82, 2.24) is 4.90 Å². The van der Waals surface area contributed by atoms with Crippen LogP contribution in [0.2, 0.25) is 0 Å². The number of hydrogen-bond acceptors (Lipinski definition) is 7. The van der Waals surface area contributed by atoms with E-state index in [0.29, 0.717) is 28.9 Å². The predicted molar refractivity (Wildman–Crippen MR) is 142 cm³/mol. The van der Waals surface area contributed by atoms with Gasteiger partial charge in [-0.1, -0.05) is 44.0 Å². The zero-order valence-electron chi connectivity index (χ0n) is 20.9. The molecule has 1 saturated carbocycles. The Hall–Kier alpha value is -3.26. The average Bonchev–Trinajstić information content (AvgIpc) is 3.18. The third-order valence-corrected chi connectivity index (χ3v) is 7.33. The molecule has 0 bridgehead atoms. The lowest BCUT2D eigenvalue weighted by Gasteiger charge is -2.35. The molecular formula is C28H32N2O5S. The topological polar surface area (TPSA) is 77.4 Å². The molecule has 0 spiro atoms. The number of amidine groups is 1. The summed E-state index contributed by atoms with van der Waals surface area (Å²) < 4.78 is 15.9. The van der Waals surface area contributed by atoms with Crippen LogP contribution in [-0.2, 0) is 14.3 Å². The molecular weight excluding hydrogens is 476 g/mol. The number of hydrogen-bond donors (Lipinski definition) is 0. The van der Waals surface area contributed by atoms with E-state index in [4.69, 9.17) is 19.2 Å². The largest absolute Gasteiger partial charge is 0.493 e. The smallest absolute Gasteiger partial charge is 0.344 e. The van der Waals surface area contributed by atoms with E-state index in [1.54, 1.807) is 19.1 Å². The van der Waals surface area contributed by atoms with Crippen LogP contribution in [0.3, 0.4) is 0 Å². The minimum atomic E-state index is -0.444. The van der Waals surface area contributed by atoms with Gasteiger partial charge in [-0.2, -0.15) is 0 Å². The molecule has 36 heavy (non-hydrogen) atoms. The van der Waals surface area contributed by atoms with Crippen molar-refractivity contribution in [3.8, 4) is 11.5 Å². The van der Waals surface area contributed by atoms with Crippen LogP contribution in [0, 0.1) is 5.92 Å². The van der Waals surface area contributed by atoms with E-state index in [1.165, 1.54) is 25.3 Å². The molecule has 1 heterocycles. The number of amides is 1. The number of ether oxygens (including phenoxy) is 3. The lowest BCUT2D eigenvalue weighted by molar-refractivity contribution is -0.145. The number of benzene rings is 2. The number of rotatable bonds is 8. The third kappa shape index (κ3) is 6.10. The number of nitrogens with zero attached hydrogens (tertiary/aromatic N) is 2. The van der Waals surface area contributed by atoms with E-state index in [2.05, 4.69) is 6.92 Å². The fourth-order valence-corrected chi connectivity index (χ4v) is 5.58. The van der Waals surface area contributed by atoms with Crippen LogP contribution in [0.15, 0.2) is 58.4 Å². The van der Waals surface area contributed by atoms with Crippen molar-refractivity contribution in [3.05, 3.63) is 59.0 Å². The Kier molecular flexibility index (Phi) is 8.70. The highest BCUT2D eigenvalue weighted by Crippen LogP contribution is 2.40. The first-order valence-electron chi connectivity index (χ1n) is 12.3. The zero-order chi connectivity index (χ0) is 25.5. The number of thioether (sulfide) groups is 1. The molecule has 1 aliphatic heterocycles. The number of aliphatic imine (C=N–C) groups is 1. The van der Waals surface area contributed by atoms with Gasteiger partial charge in [0.15, 0.2) is 23.3 Å². The predicted octanol–water partition coefficient (Wildman–Crippen LogP) is 5.82. The summed E-state index contributed by atoms with van der Waals surface area (Å²) in [4.78, 5) is 32.7. The monoisotopic (exact) mass is 508 g/mol. The molecule has 1 amide bonds. The zero-order valence-corrected chi connectivity index (χ0v) is 21.8. The number of carbonyl (C=O) groups is 2. The van der Waals surface area contributed by atoms with E-state index in [9.17, 15) is 9.59 Å². The van der Waals surface area contributed by atoms with Gasteiger partial charge in [-0.05, 0) is 73.4 Å². The van der Waals surface area contributed by atoms with Crippen molar-refractivity contribution in [2.75, 3.05) is 20.3 Å². The first-order chi connectivity index (χ1) is 17.5. The standard InChI is InChI=1S/C28H32N2O5S/c1-4-34-26(31)18-35-23-15-14-20(16-24(23)33-3)17-25-27(32)30(22-13-9-8-10-19(22)2)28(36-25)29-21-11-6-5-7-12-21/h5-7,11-12,14-17,19,22H,4,8-10,13,18H2,1-3H3/b25-17-,29-28?/t19-,22-/m0/s1. The Labute approximate surface area is 216 Å². The molecule has 8 heteroatoms. The van der Waals surface area contributed by atoms with Gasteiger partial charge in [0.2, 0.25) is 0 Å². The first kappa shape index (κ1) is 25.8. The van der Waals surface area contributed by atoms with Gasteiger partial charge in [0, 0.05) is 6.04 Å². The Morgan fingerprint density at radius 2 is 1.92 bits per heavy atom. The highest BCUT2D eigenvalue weighted by molar-refractivity contribution is 8.18. The molecule has 4 rings (SSSR count). The SMILES string of the molecule is CCOC(=O)COc1ccc(/C=C2\SC(=Nc3ccccc3)N([C@H]3CCCC[C@@H]3C)C2=O)cc1OC. The molecule has 7 nitrogen and oxygen atoms in total. The van der Waals surface area contributed by atoms with Gasteiger partial charge >= 0.3 is 5.97 Å². The van der Waals surface area contributed by atoms with E-state index >= 15 is 0 Å². The van der Waals surface area contributed by atoms with Crippen LogP contribution in [0.1, 0.15) is 45.1 Å². The van der Waals surface area contributed by atoms with Crippen LogP contribution >= 0.6 is 11.8 Å². The van der Waals surface area contributed by atoms with Gasteiger partial charge < -0.3 is 14.2 Å².